The molecule has 1 saturated heterocycles. The molecule has 1 fully saturated rings. The number of benzene rings is 1. The summed E-state index contributed by atoms with van der Waals surface area (Å²) in [7, 11) is 0. The SMILES string of the molecule is O=C1CC[C@H](NC(=O)[C@@H]2CCNc3ccccc32)C(=O)N1. The van der Waals surface area contributed by atoms with Gasteiger partial charge >= 0.3 is 0 Å². The van der Waals surface area contributed by atoms with Gasteiger partial charge in [-0.05, 0) is 24.5 Å². The average Bonchev–Trinajstić information content (AvgIpc) is 2.49. The van der Waals surface area contributed by atoms with Gasteiger partial charge in [-0.15, -0.1) is 0 Å². The molecule has 2 atom stereocenters. The lowest BCUT2D eigenvalue weighted by atomic mass is 9.89. The monoisotopic (exact) mass is 287 g/mol. The van der Waals surface area contributed by atoms with E-state index in [2.05, 4.69) is 16.0 Å². The molecular formula is C15H17N3O3. The maximum atomic E-state index is 12.5. The van der Waals surface area contributed by atoms with Gasteiger partial charge in [0, 0.05) is 18.7 Å². The lowest BCUT2D eigenvalue weighted by Gasteiger charge is -2.28. The van der Waals surface area contributed by atoms with Crippen LogP contribution in [0.15, 0.2) is 24.3 Å². The highest BCUT2D eigenvalue weighted by molar-refractivity contribution is 6.02. The third-order valence-corrected chi connectivity index (χ3v) is 3.96. The normalized spacial score (nSPS) is 24.6. The largest absolute Gasteiger partial charge is 0.385 e. The van der Waals surface area contributed by atoms with Gasteiger partial charge in [-0.2, -0.15) is 0 Å². The van der Waals surface area contributed by atoms with Crippen LogP contribution in [-0.2, 0) is 14.4 Å². The Hall–Kier alpha value is -2.37. The zero-order chi connectivity index (χ0) is 14.8. The highest BCUT2D eigenvalue weighted by Gasteiger charge is 2.32. The second-order valence-electron chi connectivity index (χ2n) is 5.37. The number of nitrogens with one attached hydrogen (secondary N) is 3. The highest BCUT2D eigenvalue weighted by Crippen LogP contribution is 2.31. The number of hydrogen-bond acceptors (Lipinski definition) is 4. The summed E-state index contributed by atoms with van der Waals surface area (Å²) in [6.45, 7) is 0.727. The molecule has 0 saturated carbocycles. The van der Waals surface area contributed by atoms with E-state index in [-0.39, 0.29) is 24.2 Å². The van der Waals surface area contributed by atoms with Crippen molar-refractivity contribution in [2.24, 2.45) is 0 Å². The summed E-state index contributed by atoms with van der Waals surface area (Å²) in [6, 6.07) is 7.08. The van der Waals surface area contributed by atoms with Gasteiger partial charge in [0.1, 0.15) is 6.04 Å². The standard InChI is InChI=1S/C15H17N3O3/c19-13-6-5-12(15(21)18-13)17-14(20)10-7-8-16-11-4-2-1-3-9(10)11/h1-4,10,12,16H,5-8H2,(H,17,20)(H,18,19,21)/t10-,12+/m1/s1. The quantitative estimate of drug-likeness (QED) is 0.692. The van der Waals surface area contributed by atoms with Crippen molar-refractivity contribution >= 4 is 23.4 Å². The molecule has 1 aromatic carbocycles. The molecule has 1 aromatic rings. The van der Waals surface area contributed by atoms with Gasteiger partial charge in [0.15, 0.2) is 0 Å². The molecule has 6 heteroatoms. The van der Waals surface area contributed by atoms with Crippen molar-refractivity contribution in [3.63, 3.8) is 0 Å². The number of para-hydroxylation sites is 1. The molecule has 6 nitrogen and oxygen atoms in total. The summed E-state index contributed by atoms with van der Waals surface area (Å²) in [5.74, 6) is -1.11. The summed E-state index contributed by atoms with van der Waals surface area (Å²) in [4.78, 5) is 35.3. The van der Waals surface area contributed by atoms with Crippen molar-refractivity contribution < 1.29 is 14.4 Å². The third kappa shape index (κ3) is 2.74. The van der Waals surface area contributed by atoms with Crippen LogP contribution in [0, 0.1) is 0 Å². The number of imide groups is 1. The number of carbonyl (C=O) groups excluding carboxylic acids is 3. The minimum absolute atomic E-state index is 0.154. The Balaban J connectivity index is 1.72. The number of carbonyl (C=O) groups is 3. The first-order valence-electron chi connectivity index (χ1n) is 7.12. The zero-order valence-electron chi connectivity index (χ0n) is 11.5. The summed E-state index contributed by atoms with van der Waals surface area (Å²) in [6.07, 6.45) is 1.32. The molecule has 2 aliphatic heterocycles. The van der Waals surface area contributed by atoms with E-state index in [4.69, 9.17) is 0 Å². The van der Waals surface area contributed by atoms with Crippen molar-refractivity contribution in [2.45, 2.75) is 31.2 Å². The number of anilines is 1. The van der Waals surface area contributed by atoms with E-state index in [1.165, 1.54) is 0 Å². The lowest BCUT2D eigenvalue weighted by molar-refractivity contribution is -0.137. The van der Waals surface area contributed by atoms with E-state index < -0.39 is 11.9 Å². The van der Waals surface area contributed by atoms with Crippen LogP contribution in [0.3, 0.4) is 0 Å². The van der Waals surface area contributed by atoms with Gasteiger partial charge in [-0.1, -0.05) is 18.2 Å². The minimum atomic E-state index is -0.614. The fourth-order valence-corrected chi connectivity index (χ4v) is 2.84. The maximum absolute atomic E-state index is 12.5. The number of rotatable bonds is 2. The zero-order valence-corrected chi connectivity index (χ0v) is 11.5. The van der Waals surface area contributed by atoms with Crippen LogP contribution in [0.4, 0.5) is 5.69 Å². The van der Waals surface area contributed by atoms with Crippen molar-refractivity contribution in [2.75, 3.05) is 11.9 Å². The molecule has 0 spiro atoms. The average molecular weight is 287 g/mol. The molecule has 3 amide bonds. The molecule has 0 unspecified atom stereocenters. The molecule has 2 aliphatic rings. The lowest BCUT2D eigenvalue weighted by Crippen LogP contribution is -2.53. The Bertz CT molecular complexity index is 600. The molecule has 0 bridgehead atoms. The van der Waals surface area contributed by atoms with E-state index in [1.807, 2.05) is 24.3 Å². The highest BCUT2D eigenvalue weighted by atomic mass is 16.2. The van der Waals surface area contributed by atoms with E-state index in [0.717, 1.165) is 17.8 Å². The first-order chi connectivity index (χ1) is 10.1. The number of fused-ring (bicyclic) bond motifs is 1. The van der Waals surface area contributed by atoms with Gasteiger partial charge in [-0.25, -0.2) is 0 Å². The van der Waals surface area contributed by atoms with Gasteiger partial charge < -0.3 is 10.6 Å². The molecule has 0 radical (unpaired) electrons. The Labute approximate surface area is 122 Å². The second kappa shape index (κ2) is 5.55. The first kappa shape index (κ1) is 13.6. The van der Waals surface area contributed by atoms with E-state index >= 15 is 0 Å². The van der Waals surface area contributed by atoms with Gasteiger partial charge in [0.05, 0.1) is 5.92 Å². The Morgan fingerprint density at radius 3 is 2.81 bits per heavy atom. The summed E-state index contributed by atoms with van der Waals surface area (Å²) < 4.78 is 0. The van der Waals surface area contributed by atoms with Crippen LogP contribution < -0.4 is 16.0 Å². The smallest absolute Gasteiger partial charge is 0.249 e. The fourth-order valence-electron chi connectivity index (χ4n) is 2.84. The molecule has 110 valence electrons. The first-order valence-corrected chi connectivity index (χ1v) is 7.12. The molecule has 0 aromatic heterocycles. The third-order valence-electron chi connectivity index (χ3n) is 3.96. The molecule has 3 rings (SSSR count). The molecule has 3 N–H and O–H groups in total. The maximum Gasteiger partial charge on any atom is 0.249 e. The van der Waals surface area contributed by atoms with E-state index in [1.54, 1.807) is 0 Å². The van der Waals surface area contributed by atoms with Crippen molar-refractivity contribution in [3.8, 4) is 0 Å². The molecule has 21 heavy (non-hydrogen) atoms. The van der Waals surface area contributed by atoms with Crippen LogP contribution in [0.2, 0.25) is 0 Å². The van der Waals surface area contributed by atoms with Gasteiger partial charge in [0.2, 0.25) is 17.7 Å². The summed E-state index contributed by atoms with van der Waals surface area (Å²) in [5.41, 5.74) is 1.92. The fraction of sp³-hybridized carbons (Fsp3) is 0.400. The van der Waals surface area contributed by atoms with E-state index in [0.29, 0.717) is 12.8 Å². The predicted octanol–water partition coefficient (Wildman–Crippen LogP) is 0.507. The van der Waals surface area contributed by atoms with Gasteiger partial charge in [-0.3, -0.25) is 19.7 Å². The Morgan fingerprint density at radius 2 is 2.00 bits per heavy atom. The minimum Gasteiger partial charge on any atom is -0.385 e. The number of piperidine rings is 1. The van der Waals surface area contributed by atoms with E-state index in [9.17, 15) is 14.4 Å². The summed E-state index contributed by atoms with van der Waals surface area (Å²) >= 11 is 0. The van der Waals surface area contributed by atoms with Crippen LogP contribution in [0.1, 0.15) is 30.7 Å². The Kier molecular flexibility index (Phi) is 3.60. The summed E-state index contributed by atoms with van der Waals surface area (Å²) in [5, 5.41) is 8.28. The Morgan fingerprint density at radius 1 is 1.19 bits per heavy atom. The van der Waals surface area contributed by atoms with Crippen LogP contribution >= 0.6 is 0 Å². The number of amides is 3. The number of hydrogen-bond donors (Lipinski definition) is 3. The second-order valence-corrected chi connectivity index (χ2v) is 5.37. The predicted molar refractivity (Wildman–Crippen MR) is 76.6 cm³/mol. The van der Waals surface area contributed by atoms with Crippen LogP contribution in [0.25, 0.3) is 0 Å². The molecule has 2 heterocycles. The van der Waals surface area contributed by atoms with Crippen molar-refractivity contribution in [3.05, 3.63) is 29.8 Å². The topological polar surface area (TPSA) is 87.3 Å². The van der Waals surface area contributed by atoms with Crippen molar-refractivity contribution in [1.82, 2.24) is 10.6 Å². The van der Waals surface area contributed by atoms with Crippen LogP contribution in [-0.4, -0.2) is 30.3 Å². The van der Waals surface area contributed by atoms with Gasteiger partial charge in [0.25, 0.3) is 0 Å². The molecule has 0 aliphatic carbocycles. The molecular weight excluding hydrogens is 270 g/mol. The van der Waals surface area contributed by atoms with Crippen LogP contribution in [0.5, 0.6) is 0 Å². The van der Waals surface area contributed by atoms with Crippen molar-refractivity contribution in [1.29, 1.82) is 0 Å².